The van der Waals surface area contributed by atoms with Gasteiger partial charge in [-0.15, -0.1) is 0 Å². The number of benzene rings is 4. The number of ether oxygens (including phenoxy) is 2. The first-order chi connectivity index (χ1) is 15.8. The molecule has 0 saturated heterocycles. The quantitative estimate of drug-likeness (QED) is 0.373. The van der Waals surface area contributed by atoms with Crippen LogP contribution in [0.25, 0.3) is 11.1 Å². The molecule has 0 amide bonds. The molecule has 0 aliphatic heterocycles. The molecule has 0 heterocycles. The van der Waals surface area contributed by atoms with E-state index in [-0.39, 0.29) is 0 Å². The van der Waals surface area contributed by atoms with Crippen LogP contribution < -0.4 is 9.47 Å². The van der Waals surface area contributed by atoms with Crippen molar-refractivity contribution in [1.82, 2.24) is 0 Å². The van der Waals surface area contributed by atoms with Gasteiger partial charge in [-0.1, -0.05) is 66.1 Å². The Morgan fingerprint density at radius 1 is 0.500 bits per heavy atom. The van der Waals surface area contributed by atoms with E-state index in [0.29, 0.717) is 0 Å². The third-order valence-electron chi connectivity index (χ3n) is 5.00. The highest BCUT2D eigenvalue weighted by molar-refractivity contribution is 5.73. The first-order valence-corrected chi connectivity index (χ1v) is 10.3. The van der Waals surface area contributed by atoms with Gasteiger partial charge in [0.25, 0.3) is 0 Å². The number of hydrogen-bond acceptors (Lipinski definition) is 2. The SMILES string of the molecule is COc1ccc(-c2ccc(OC)cc2C#Cc2ccccc2C#Cc2ccccc2)cc1. The lowest BCUT2D eigenvalue weighted by atomic mass is 9.98. The lowest BCUT2D eigenvalue weighted by molar-refractivity contribution is 0.414. The summed E-state index contributed by atoms with van der Waals surface area (Å²) >= 11 is 0. The zero-order valence-electron chi connectivity index (χ0n) is 18.1. The normalized spacial score (nSPS) is 9.69. The van der Waals surface area contributed by atoms with Crippen LogP contribution in [0.4, 0.5) is 0 Å². The second-order valence-electron chi connectivity index (χ2n) is 7.05. The van der Waals surface area contributed by atoms with Crippen LogP contribution in [0.1, 0.15) is 22.3 Å². The maximum atomic E-state index is 5.44. The predicted octanol–water partition coefficient (Wildman–Crippen LogP) is 6.17. The molecule has 0 fully saturated rings. The van der Waals surface area contributed by atoms with Crippen LogP contribution in [-0.2, 0) is 0 Å². The number of rotatable bonds is 3. The molecule has 0 atom stereocenters. The van der Waals surface area contributed by atoms with Gasteiger partial charge in [-0.2, -0.15) is 0 Å². The summed E-state index contributed by atoms with van der Waals surface area (Å²) in [5.41, 5.74) is 5.76. The van der Waals surface area contributed by atoms with E-state index in [9.17, 15) is 0 Å². The van der Waals surface area contributed by atoms with E-state index in [0.717, 1.165) is 44.9 Å². The predicted molar refractivity (Wildman–Crippen MR) is 130 cm³/mol. The van der Waals surface area contributed by atoms with Gasteiger partial charge in [0, 0.05) is 22.3 Å². The van der Waals surface area contributed by atoms with Gasteiger partial charge >= 0.3 is 0 Å². The van der Waals surface area contributed by atoms with Crippen molar-refractivity contribution in [1.29, 1.82) is 0 Å². The summed E-state index contributed by atoms with van der Waals surface area (Å²) in [6.45, 7) is 0. The zero-order valence-corrected chi connectivity index (χ0v) is 18.1. The molecule has 0 aliphatic rings. The highest BCUT2D eigenvalue weighted by Crippen LogP contribution is 2.28. The Morgan fingerprint density at radius 2 is 1.06 bits per heavy atom. The maximum Gasteiger partial charge on any atom is 0.120 e. The smallest absolute Gasteiger partial charge is 0.120 e. The van der Waals surface area contributed by atoms with Crippen molar-refractivity contribution in [3.63, 3.8) is 0 Å². The van der Waals surface area contributed by atoms with E-state index < -0.39 is 0 Å². The molecule has 4 aromatic rings. The molecule has 2 heteroatoms. The van der Waals surface area contributed by atoms with Gasteiger partial charge in [0.2, 0.25) is 0 Å². The highest BCUT2D eigenvalue weighted by atomic mass is 16.5. The van der Waals surface area contributed by atoms with E-state index >= 15 is 0 Å². The summed E-state index contributed by atoms with van der Waals surface area (Å²) in [4.78, 5) is 0. The second-order valence-corrected chi connectivity index (χ2v) is 7.05. The summed E-state index contributed by atoms with van der Waals surface area (Å²) in [6.07, 6.45) is 0. The molecule has 32 heavy (non-hydrogen) atoms. The van der Waals surface area contributed by atoms with Crippen LogP contribution in [0.3, 0.4) is 0 Å². The van der Waals surface area contributed by atoms with Crippen LogP contribution in [0.15, 0.2) is 97.1 Å². The first kappa shape index (κ1) is 20.9. The van der Waals surface area contributed by atoms with Gasteiger partial charge in [-0.05, 0) is 65.7 Å². The van der Waals surface area contributed by atoms with E-state index in [1.165, 1.54) is 0 Å². The molecule has 0 spiro atoms. The molecular weight excluding hydrogens is 392 g/mol. The molecule has 154 valence electrons. The largest absolute Gasteiger partial charge is 0.497 e. The van der Waals surface area contributed by atoms with Gasteiger partial charge in [0.15, 0.2) is 0 Å². The summed E-state index contributed by atoms with van der Waals surface area (Å²) < 4.78 is 10.7. The average molecular weight is 415 g/mol. The Balaban J connectivity index is 1.73. The van der Waals surface area contributed by atoms with Crippen molar-refractivity contribution in [2.75, 3.05) is 14.2 Å². The Bertz CT molecular complexity index is 1330. The topological polar surface area (TPSA) is 18.5 Å². The van der Waals surface area contributed by atoms with Gasteiger partial charge in [-0.25, -0.2) is 0 Å². The van der Waals surface area contributed by atoms with Crippen LogP contribution in [0.5, 0.6) is 11.5 Å². The fourth-order valence-corrected chi connectivity index (χ4v) is 3.27. The molecule has 0 bridgehead atoms. The van der Waals surface area contributed by atoms with Crippen molar-refractivity contribution in [2.24, 2.45) is 0 Å². The molecule has 0 saturated carbocycles. The summed E-state index contributed by atoms with van der Waals surface area (Å²) in [7, 11) is 3.32. The second kappa shape index (κ2) is 10.1. The van der Waals surface area contributed by atoms with Gasteiger partial charge in [-0.3, -0.25) is 0 Å². The molecule has 0 aliphatic carbocycles. The van der Waals surface area contributed by atoms with Crippen LogP contribution in [0, 0.1) is 23.7 Å². The number of hydrogen-bond donors (Lipinski definition) is 0. The summed E-state index contributed by atoms with van der Waals surface area (Å²) in [6, 6.07) is 31.8. The Morgan fingerprint density at radius 3 is 1.72 bits per heavy atom. The molecular formula is C30H22O2. The minimum Gasteiger partial charge on any atom is -0.497 e. The molecule has 2 nitrogen and oxygen atoms in total. The zero-order chi connectivity index (χ0) is 22.2. The lowest BCUT2D eigenvalue weighted by Crippen LogP contribution is -1.90. The molecule has 0 unspecified atom stereocenters. The molecule has 0 radical (unpaired) electrons. The number of methoxy groups -OCH3 is 2. The highest BCUT2D eigenvalue weighted by Gasteiger charge is 2.06. The van der Waals surface area contributed by atoms with Crippen LogP contribution in [-0.4, -0.2) is 14.2 Å². The van der Waals surface area contributed by atoms with E-state index in [4.69, 9.17) is 9.47 Å². The van der Waals surface area contributed by atoms with Crippen LogP contribution in [0.2, 0.25) is 0 Å². The van der Waals surface area contributed by atoms with Crippen molar-refractivity contribution >= 4 is 0 Å². The minimum absolute atomic E-state index is 0.767. The minimum atomic E-state index is 0.767. The van der Waals surface area contributed by atoms with E-state index in [2.05, 4.69) is 23.7 Å². The van der Waals surface area contributed by atoms with Gasteiger partial charge in [0.1, 0.15) is 11.5 Å². The fourth-order valence-electron chi connectivity index (χ4n) is 3.27. The van der Waals surface area contributed by atoms with Crippen molar-refractivity contribution in [2.45, 2.75) is 0 Å². The van der Waals surface area contributed by atoms with Crippen molar-refractivity contribution in [3.8, 4) is 46.3 Å². The Hall–Kier alpha value is -4.40. The monoisotopic (exact) mass is 414 g/mol. The van der Waals surface area contributed by atoms with E-state index in [1.807, 2.05) is 97.1 Å². The van der Waals surface area contributed by atoms with Gasteiger partial charge < -0.3 is 9.47 Å². The molecule has 0 N–H and O–H groups in total. The third kappa shape index (κ3) is 5.01. The average Bonchev–Trinajstić information content (AvgIpc) is 2.87. The standard InChI is InChI=1S/C30H22O2/c1-31-28-18-16-26(17-19-28)30-21-20-29(32-2)22-27(30)15-14-25-11-7-6-10-24(25)13-12-23-8-4-3-5-9-23/h3-11,16-22H,1-2H3. The Labute approximate surface area is 189 Å². The van der Waals surface area contributed by atoms with Gasteiger partial charge in [0.05, 0.1) is 14.2 Å². The lowest BCUT2D eigenvalue weighted by Gasteiger charge is -2.08. The molecule has 4 rings (SSSR count). The Kier molecular flexibility index (Phi) is 6.57. The van der Waals surface area contributed by atoms with Crippen molar-refractivity contribution in [3.05, 3.63) is 119 Å². The van der Waals surface area contributed by atoms with E-state index in [1.54, 1.807) is 14.2 Å². The van der Waals surface area contributed by atoms with Crippen LogP contribution >= 0.6 is 0 Å². The maximum absolute atomic E-state index is 5.44. The first-order valence-electron chi connectivity index (χ1n) is 10.3. The third-order valence-corrected chi connectivity index (χ3v) is 5.00. The van der Waals surface area contributed by atoms with Crippen molar-refractivity contribution < 1.29 is 9.47 Å². The summed E-state index contributed by atoms with van der Waals surface area (Å²) in [5.74, 6) is 14.7. The molecule has 0 aromatic heterocycles. The fraction of sp³-hybridized carbons (Fsp3) is 0.0667. The summed E-state index contributed by atoms with van der Waals surface area (Å²) in [5, 5.41) is 0. The molecule has 4 aromatic carbocycles.